The van der Waals surface area contributed by atoms with Crippen LogP contribution in [0.5, 0.6) is 17.2 Å². The summed E-state index contributed by atoms with van der Waals surface area (Å²) in [4.78, 5) is 14.8. The highest BCUT2D eigenvalue weighted by atomic mass is 79.9. The highest BCUT2D eigenvalue weighted by molar-refractivity contribution is 9.10. The van der Waals surface area contributed by atoms with E-state index in [1.807, 2.05) is 41.3 Å². The van der Waals surface area contributed by atoms with Gasteiger partial charge in [0.1, 0.15) is 19.0 Å². The van der Waals surface area contributed by atoms with Crippen LogP contribution in [0.25, 0.3) is 0 Å². The zero-order chi connectivity index (χ0) is 19.3. The lowest BCUT2D eigenvalue weighted by molar-refractivity contribution is -0.132. The molecular formula is C22H24BrNO4. The maximum absolute atomic E-state index is 12.8. The van der Waals surface area contributed by atoms with Crippen LogP contribution in [-0.2, 0) is 4.79 Å². The number of rotatable bonds is 6. The van der Waals surface area contributed by atoms with Crippen molar-refractivity contribution in [2.24, 2.45) is 0 Å². The monoisotopic (exact) mass is 445 g/mol. The average Bonchev–Trinajstić information content (AvgIpc) is 3.21. The summed E-state index contributed by atoms with van der Waals surface area (Å²) in [5.41, 5.74) is 1.13. The number of ether oxygens (including phenoxy) is 3. The van der Waals surface area contributed by atoms with E-state index in [0.717, 1.165) is 46.7 Å². The SMILES string of the molecule is O=C(CCCOc1cccc(Br)c1)N1CCCC1c1ccc2c(c1)OCCO2. The molecule has 0 N–H and O–H groups in total. The van der Waals surface area contributed by atoms with Crippen molar-refractivity contribution in [2.75, 3.05) is 26.4 Å². The summed E-state index contributed by atoms with van der Waals surface area (Å²) in [7, 11) is 0. The predicted octanol–water partition coefficient (Wildman–Crippen LogP) is 4.74. The van der Waals surface area contributed by atoms with Gasteiger partial charge in [-0.15, -0.1) is 0 Å². The molecule has 148 valence electrons. The number of carbonyl (C=O) groups is 1. The van der Waals surface area contributed by atoms with Gasteiger partial charge in [0, 0.05) is 17.4 Å². The second kappa shape index (κ2) is 8.86. The van der Waals surface area contributed by atoms with Crippen molar-refractivity contribution in [3.8, 4) is 17.2 Å². The molecule has 2 aliphatic heterocycles. The van der Waals surface area contributed by atoms with Crippen molar-refractivity contribution < 1.29 is 19.0 Å². The van der Waals surface area contributed by atoms with Gasteiger partial charge in [0.25, 0.3) is 0 Å². The van der Waals surface area contributed by atoms with Crippen molar-refractivity contribution in [2.45, 2.75) is 31.7 Å². The molecule has 1 atom stereocenters. The van der Waals surface area contributed by atoms with Gasteiger partial charge in [-0.25, -0.2) is 0 Å². The lowest BCUT2D eigenvalue weighted by Gasteiger charge is -2.27. The lowest BCUT2D eigenvalue weighted by atomic mass is 10.0. The summed E-state index contributed by atoms with van der Waals surface area (Å²) in [5.74, 6) is 2.58. The van der Waals surface area contributed by atoms with Crippen molar-refractivity contribution in [1.29, 1.82) is 0 Å². The number of nitrogens with zero attached hydrogens (tertiary/aromatic N) is 1. The zero-order valence-corrected chi connectivity index (χ0v) is 17.3. The molecule has 2 aromatic carbocycles. The number of hydrogen-bond donors (Lipinski definition) is 0. The molecule has 1 saturated heterocycles. The van der Waals surface area contributed by atoms with Crippen LogP contribution in [0.2, 0.25) is 0 Å². The van der Waals surface area contributed by atoms with E-state index in [4.69, 9.17) is 14.2 Å². The maximum Gasteiger partial charge on any atom is 0.223 e. The third-order valence-corrected chi connectivity index (χ3v) is 5.62. The Bertz CT molecular complexity index is 841. The van der Waals surface area contributed by atoms with Crippen LogP contribution in [0.4, 0.5) is 0 Å². The number of fused-ring (bicyclic) bond motifs is 1. The highest BCUT2D eigenvalue weighted by Gasteiger charge is 2.30. The molecule has 2 aromatic rings. The fourth-order valence-corrected chi connectivity index (χ4v) is 4.17. The first-order valence-corrected chi connectivity index (χ1v) is 10.6. The molecule has 0 aliphatic carbocycles. The molecule has 1 fully saturated rings. The third-order valence-electron chi connectivity index (χ3n) is 5.12. The average molecular weight is 446 g/mol. The van der Waals surface area contributed by atoms with Gasteiger partial charge in [-0.1, -0.05) is 28.1 Å². The Hall–Kier alpha value is -2.21. The number of likely N-dealkylation sites (tertiary alicyclic amines) is 1. The van der Waals surface area contributed by atoms with Crippen LogP contribution in [0.15, 0.2) is 46.9 Å². The number of benzene rings is 2. The van der Waals surface area contributed by atoms with Crippen molar-refractivity contribution >= 4 is 21.8 Å². The first kappa shape index (κ1) is 19.1. The van der Waals surface area contributed by atoms with E-state index in [0.29, 0.717) is 32.7 Å². The summed E-state index contributed by atoms with van der Waals surface area (Å²) in [5, 5.41) is 0. The van der Waals surface area contributed by atoms with E-state index in [9.17, 15) is 4.79 Å². The molecule has 5 nitrogen and oxygen atoms in total. The van der Waals surface area contributed by atoms with Crippen molar-refractivity contribution in [3.05, 3.63) is 52.5 Å². The van der Waals surface area contributed by atoms with Gasteiger partial charge in [0.15, 0.2) is 11.5 Å². The van der Waals surface area contributed by atoms with Crippen molar-refractivity contribution in [3.63, 3.8) is 0 Å². The van der Waals surface area contributed by atoms with Gasteiger partial charge in [-0.3, -0.25) is 4.79 Å². The minimum absolute atomic E-state index is 0.120. The Morgan fingerprint density at radius 2 is 2.00 bits per heavy atom. The van der Waals surface area contributed by atoms with E-state index in [1.165, 1.54) is 0 Å². The Labute approximate surface area is 173 Å². The smallest absolute Gasteiger partial charge is 0.223 e. The van der Waals surface area contributed by atoms with Crippen LogP contribution < -0.4 is 14.2 Å². The highest BCUT2D eigenvalue weighted by Crippen LogP contribution is 2.38. The Morgan fingerprint density at radius 1 is 1.14 bits per heavy atom. The second-order valence-corrected chi connectivity index (χ2v) is 7.97. The summed E-state index contributed by atoms with van der Waals surface area (Å²) in [6, 6.07) is 13.9. The molecule has 0 aromatic heterocycles. The van der Waals surface area contributed by atoms with Gasteiger partial charge in [-0.2, -0.15) is 0 Å². The molecule has 28 heavy (non-hydrogen) atoms. The molecular weight excluding hydrogens is 422 g/mol. The second-order valence-electron chi connectivity index (χ2n) is 7.06. The molecule has 0 saturated carbocycles. The summed E-state index contributed by atoms with van der Waals surface area (Å²) in [6.45, 7) is 2.50. The Kier molecular flexibility index (Phi) is 6.05. The fraction of sp³-hybridized carbons (Fsp3) is 0.409. The van der Waals surface area contributed by atoms with E-state index in [2.05, 4.69) is 22.0 Å². The summed E-state index contributed by atoms with van der Waals surface area (Å²) >= 11 is 3.43. The van der Waals surface area contributed by atoms with Gasteiger partial charge in [0.2, 0.25) is 5.91 Å². The molecule has 0 radical (unpaired) electrons. The molecule has 4 rings (SSSR count). The minimum atomic E-state index is 0.120. The van der Waals surface area contributed by atoms with Crippen LogP contribution in [-0.4, -0.2) is 37.2 Å². The first-order valence-electron chi connectivity index (χ1n) is 9.78. The van der Waals surface area contributed by atoms with Gasteiger partial charge in [-0.05, 0) is 55.2 Å². The van der Waals surface area contributed by atoms with Crippen LogP contribution in [0.3, 0.4) is 0 Å². The van der Waals surface area contributed by atoms with Crippen LogP contribution in [0.1, 0.15) is 37.3 Å². The van der Waals surface area contributed by atoms with Crippen LogP contribution >= 0.6 is 15.9 Å². The summed E-state index contributed by atoms with van der Waals surface area (Å²) in [6.07, 6.45) is 3.21. The topological polar surface area (TPSA) is 48.0 Å². The quantitative estimate of drug-likeness (QED) is 0.602. The normalized spacial score (nSPS) is 18.2. The molecule has 1 amide bonds. The number of halogens is 1. The van der Waals surface area contributed by atoms with E-state index >= 15 is 0 Å². The minimum Gasteiger partial charge on any atom is -0.494 e. The molecule has 2 heterocycles. The number of amides is 1. The van der Waals surface area contributed by atoms with Gasteiger partial charge < -0.3 is 19.1 Å². The largest absolute Gasteiger partial charge is 0.494 e. The lowest BCUT2D eigenvalue weighted by Crippen LogP contribution is -2.30. The number of carbonyl (C=O) groups excluding carboxylic acids is 1. The molecule has 1 unspecified atom stereocenters. The van der Waals surface area contributed by atoms with Gasteiger partial charge >= 0.3 is 0 Å². The molecule has 0 spiro atoms. The summed E-state index contributed by atoms with van der Waals surface area (Å²) < 4.78 is 18.0. The standard InChI is InChI=1S/C22H24BrNO4/c23-17-4-1-5-18(15-17)26-11-3-7-22(25)24-10-2-6-19(24)16-8-9-20-21(14-16)28-13-12-27-20/h1,4-5,8-9,14-15,19H,2-3,6-7,10-13H2. The van der Waals surface area contributed by atoms with E-state index in [-0.39, 0.29) is 11.9 Å². The van der Waals surface area contributed by atoms with Crippen LogP contribution in [0, 0.1) is 0 Å². The molecule has 6 heteroatoms. The fourth-order valence-electron chi connectivity index (χ4n) is 3.79. The van der Waals surface area contributed by atoms with E-state index in [1.54, 1.807) is 0 Å². The predicted molar refractivity (Wildman–Crippen MR) is 110 cm³/mol. The first-order chi connectivity index (χ1) is 13.7. The van der Waals surface area contributed by atoms with Gasteiger partial charge in [0.05, 0.1) is 12.6 Å². The number of hydrogen-bond acceptors (Lipinski definition) is 4. The maximum atomic E-state index is 12.8. The Balaban J connectivity index is 1.32. The van der Waals surface area contributed by atoms with E-state index < -0.39 is 0 Å². The molecule has 0 bridgehead atoms. The Morgan fingerprint density at radius 3 is 2.86 bits per heavy atom. The third kappa shape index (κ3) is 4.43. The molecule has 2 aliphatic rings. The zero-order valence-electron chi connectivity index (χ0n) is 15.7. The van der Waals surface area contributed by atoms with Crippen molar-refractivity contribution in [1.82, 2.24) is 4.90 Å².